The van der Waals surface area contributed by atoms with Gasteiger partial charge in [-0.15, -0.1) is 0 Å². The number of carbonyl (C=O) groups is 2. The van der Waals surface area contributed by atoms with E-state index in [9.17, 15) is 14.0 Å². The molecule has 5 heteroatoms. The third-order valence-electron chi connectivity index (χ3n) is 5.06. The zero-order valence-electron chi connectivity index (χ0n) is 16.8. The van der Waals surface area contributed by atoms with Gasteiger partial charge in [0.15, 0.2) is 12.4 Å². The summed E-state index contributed by atoms with van der Waals surface area (Å²) in [6.07, 6.45) is 0.267. The minimum absolute atomic E-state index is 0.138. The van der Waals surface area contributed by atoms with E-state index >= 15 is 0 Å². The summed E-state index contributed by atoms with van der Waals surface area (Å²) in [5.74, 6) is -0.611. The highest BCUT2D eigenvalue weighted by atomic mass is 19.1. The Balaban J connectivity index is 1.78. The molecule has 148 valence electrons. The monoisotopic (exact) mass is 383 g/mol. The van der Waals surface area contributed by atoms with Gasteiger partial charge in [-0.2, -0.15) is 0 Å². The van der Waals surface area contributed by atoms with Crippen molar-refractivity contribution in [1.82, 2.24) is 4.90 Å². The van der Waals surface area contributed by atoms with Crippen molar-refractivity contribution in [2.75, 3.05) is 6.61 Å². The lowest BCUT2D eigenvalue weighted by atomic mass is 10.0. The molecule has 28 heavy (non-hydrogen) atoms. The fourth-order valence-corrected chi connectivity index (χ4v) is 3.63. The van der Waals surface area contributed by atoms with E-state index in [2.05, 4.69) is 0 Å². The smallest absolute Gasteiger partial charge is 0.261 e. The number of hydrogen-bond donors (Lipinski definition) is 0. The summed E-state index contributed by atoms with van der Waals surface area (Å²) in [4.78, 5) is 27.0. The molecule has 0 saturated carbocycles. The zero-order valence-corrected chi connectivity index (χ0v) is 16.8. The summed E-state index contributed by atoms with van der Waals surface area (Å²) >= 11 is 0. The van der Waals surface area contributed by atoms with E-state index in [0.29, 0.717) is 12.1 Å². The standard InChI is InChI=1S/C23H26FNO3/c1-15-12-18(26)22-19(11-10-17(24)21(15)22)28-14-20(27)25(23(2,3)4)13-16-8-6-5-7-9-16/h5-11,15H,12-14H2,1-4H3/t15-/m1/s1. The SMILES string of the molecule is C[C@@H]1CC(=O)c2c(OCC(=O)N(Cc3ccccc3)C(C)(C)C)ccc(F)c21. The maximum atomic E-state index is 14.1. The number of ketones is 1. The zero-order chi connectivity index (χ0) is 20.5. The first-order chi connectivity index (χ1) is 13.2. The van der Waals surface area contributed by atoms with E-state index in [4.69, 9.17) is 4.74 Å². The number of Topliss-reactive ketones (excluding diaryl/α,β-unsaturated/α-hetero) is 1. The van der Waals surface area contributed by atoms with Crippen molar-refractivity contribution in [3.8, 4) is 5.75 Å². The number of amides is 1. The lowest BCUT2D eigenvalue weighted by molar-refractivity contribution is -0.139. The maximum Gasteiger partial charge on any atom is 0.261 e. The molecule has 0 saturated heterocycles. The Labute approximate surface area is 165 Å². The first-order valence-corrected chi connectivity index (χ1v) is 9.51. The average Bonchev–Trinajstić information content (AvgIpc) is 2.94. The van der Waals surface area contributed by atoms with Crippen LogP contribution in [0.2, 0.25) is 0 Å². The van der Waals surface area contributed by atoms with Crippen LogP contribution in [0.5, 0.6) is 5.75 Å². The van der Waals surface area contributed by atoms with Gasteiger partial charge in [0.1, 0.15) is 11.6 Å². The Hall–Kier alpha value is -2.69. The van der Waals surface area contributed by atoms with Gasteiger partial charge in [0.25, 0.3) is 5.91 Å². The van der Waals surface area contributed by atoms with Gasteiger partial charge in [-0.1, -0.05) is 37.3 Å². The van der Waals surface area contributed by atoms with Crippen LogP contribution >= 0.6 is 0 Å². The minimum Gasteiger partial charge on any atom is -0.483 e. The van der Waals surface area contributed by atoms with E-state index in [0.717, 1.165) is 5.56 Å². The van der Waals surface area contributed by atoms with E-state index in [1.807, 2.05) is 58.0 Å². The second kappa shape index (κ2) is 7.74. The molecule has 0 bridgehead atoms. The van der Waals surface area contributed by atoms with Gasteiger partial charge < -0.3 is 9.64 Å². The third kappa shape index (κ3) is 4.08. The fraction of sp³-hybridized carbons (Fsp3) is 0.391. The number of carbonyl (C=O) groups excluding carboxylic acids is 2. The molecule has 2 aromatic carbocycles. The highest BCUT2D eigenvalue weighted by molar-refractivity contribution is 6.03. The van der Waals surface area contributed by atoms with Crippen molar-refractivity contribution >= 4 is 11.7 Å². The van der Waals surface area contributed by atoms with Crippen LogP contribution in [0.25, 0.3) is 0 Å². The molecule has 0 spiro atoms. The Morgan fingerprint density at radius 1 is 1.18 bits per heavy atom. The molecule has 3 rings (SSSR count). The molecule has 0 aliphatic heterocycles. The van der Waals surface area contributed by atoms with Gasteiger partial charge in [0.2, 0.25) is 0 Å². The number of benzene rings is 2. The molecule has 1 amide bonds. The summed E-state index contributed by atoms with van der Waals surface area (Å²) in [5.41, 5.74) is 1.31. The largest absolute Gasteiger partial charge is 0.483 e. The summed E-state index contributed by atoms with van der Waals surface area (Å²) < 4.78 is 19.9. The molecular formula is C23H26FNO3. The van der Waals surface area contributed by atoms with Crippen LogP contribution in [0.15, 0.2) is 42.5 Å². The first-order valence-electron chi connectivity index (χ1n) is 9.51. The number of halogens is 1. The number of hydrogen-bond acceptors (Lipinski definition) is 3. The number of rotatable bonds is 5. The van der Waals surface area contributed by atoms with Crippen LogP contribution in [0.3, 0.4) is 0 Å². The highest BCUT2D eigenvalue weighted by Gasteiger charge is 2.33. The molecule has 0 aromatic heterocycles. The lowest BCUT2D eigenvalue weighted by Gasteiger charge is -2.36. The van der Waals surface area contributed by atoms with Crippen LogP contribution in [0, 0.1) is 5.82 Å². The maximum absolute atomic E-state index is 14.1. The molecule has 2 aromatic rings. The molecule has 0 unspecified atom stereocenters. The highest BCUT2D eigenvalue weighted by Crippen LogP contribution is 2.39. The molecule has 0 radical (unpaired) electrons. The van der Waals surface area contributed by atoms with Crippen molar-refractivity contribution in [2.24, 2.45) is 0 Å². The van der Waals surface area contributed by atoms with Crippen LogP contribution in [-0.2, 0) is 11.3 Å². The van der Waals surface area contributed by atoms with E-state index in [1.165, 1.54) is 12.1 Å². The van der Waals surface area contributed by atoms with Crippen molar-refractivity contribution < 1.29 is 18.7 Å². The van der Waals surface area contributed by atoms with Gasteiger partial charge in [0.05, 0.1) is 5.56 Å². The third-order valence-corrected chi connectivity index (χ3v) is 5.06. The van der Waals surface area contributed by atoms with Gasteiger partial charge in [0, 0.05) is 24.1 Å². The van der Waals surface area contributed by atoms with Gasteiger partial charge in [-0.05, 0) is 44.4 Å². The molecule has 1 aliphatic carbocycles. The minimum atomic E-state index is -0.397. The first kappa shape index (κ1) is 20.1. The molecule has 0 N–H and O–H groups in total. The Morgan fingerprint density at radius 2 is 1.86 bits per heavy atom. The topological polar surface area (TPSA) is 46.6 Å². The van der Waals surface area contributed by atoms with Crippen LogP contribution < -0.4 is 4.74 Å². The molecular weight excluding hydrogens is 357 g/mol. The fourth-order valence-electron chi connectivity index (χ4n) is 3.63. The molecule has 0 heterocycles. The van der Waals surface area contributed by atoms with Crippen molar-refractivity contribution in [3.05, 3.63) is 65.0 Å². The summed E-state index contributed by atoms with van der Waals surface area (Å²) in [6, 6.07) is 12.5. The van der Waals surface area contributed by atoms with E-state index in [-0.39, 0.29) is 41.9 Å². The van der Waals surface area contributed by atoms with Crippen LogP contribution in [0.1, 0.15) is 61.5 Å². The quantitative estimate of drug-likeness (QED) is 0.750. The Bertz CT molecular complexity index is 887. The summed E-state index contributed by atoms with van der Waals surface area (Å²) in [5, 5.41) is 0. The summed E-state index contributed by atoms with van der Waals surface area (Å²) in [7, 11) is 0. The van der Waals surface area contributed by atoms with Gasteiger partial charge >= 0.3 is 0 Å². The predicted molar refractivity (Wildman–Crippen MR) is 106 cm³/mol. The number of nitrogens with zero attached hydrogens (tertiary/aromatic N) is 1. The van der Waals surface area contributed by atoms with Crippen molar-refractivity contribution in [2.45, 2.75) is 52.1 Å². The summed E-state index contributed by atoms with van der Waals surface area (Å²) in [6.45, 7) is 7.98. The number of fused-ring (bicyclic) bond motifs is 1. The van der Waals surface area contributed by atoms with Crippen molar-refractivity contribution in [3.63, 3.8) is 0 Å². The average molecular weight is 383 g/mol. The van der Waals surface area contributed by atoms with Crippen molar-refractivity contribution in [1.29, 1.82) is 0 Å². The molecule has 1 aliphatic rings. The molecule has 1 atom stereocenters. The molecule has 0 fully saturated rings. The second-order valence-electron chi connectivity index (χ2n) is 8.29. The van der Waals surface area contributed by atoms with E-state index in [1.54, 1.807) is 4.90 Å². The second-order valence-corrected chi connectivity index (χ2v) is 8.29. The van der Waals surface area contributed by atoms with Gasteiger partial charge in [-0.3, -0.25) is 9.59 Å². The molecule has 4 nitrogen and oxygen atoms in total. The normalized spacial score (nSPS) is 16.0. The number of ether oxygens (including phenoxy) is 1. The van der Waals surface area contributed by atoms with Gasteiger partial charge in [-0.25, -0.2) is 4.39 Å². The van der Waals surface area contributed by atoms with Crippen LogP contribution in [0.4, 0.5) is 4.39 Å². The Morgan fingerprint density at radius 3 is 2.50 bits per heavy atom. The predicted octanol–water partition coefficient (Wildman–Crippen LogP) is 4.72. The van der Waals surface area contributed by atoms with E-state index < -0.39 is 11.4 Å². The Kier molecular flexibility index (Phi) is 5.54. The lowest BCUT2D eigenvalue weighted by Crippen LogP contribution is -2.47. The van der Waals surface area contributed by atoms with Crippen LogP contribution in [-0.4, -0.2) is 28.7 Å².